The van der Waals surface area contributed by atoms with Gasteiger partial charge in [-0.1, -0.05) is 26.7 Å². The number of nitrogens with zero attached hydrogens (tertiary/aromatic N) is 1. The topological polar surface area (TPSA) is 79.2 Å². The second kappa shape index (κ2) is 11.8. The van der Waals surface area contributed by atoms with Crippen LogP contribution in [-0.2, 0) is 9.53 Å². The fraction of sp³-hybridized carbons (Fsp3) is 0.536. The Morgan fingerprint density at radius 1 is 1.19 bits per heavy atom. The van der Waals surface area contributed by atoms with Crippen LogP contribution in [0.25, 0.3) is 0 Å². The summed E-state index contributed by atoms with van der Waals surface area (Å²) in [5.41, 5.74) is 0.458. The first-order valence-electron chi connectivity index (χ1n) is 12.7. The third kappa shape index (κ3) is 7.34. The van der Waals surface area contributed by atoms with Crippen LogP contribution in [0.5, 0.6) is 5.75 Å². The zero-order valence-corrected chi connectivity index (χ0v) is 24.3. The van der Waals surface area contributed by atoms with Gasteiger partial charge in [0.1, 0.15) is 17.2 Å². The predicted molar refractivity (Wildman–Crippen MR) is 151 cm³/mol. The number of benzene rings is 2. The van der Waals surface area contributed by atoms with E-state index in [9.17, 15) is 18.3 Å². The molecular formula is C28H40FNO5S2. The van der Waals surface area contributed by atoms with E-state index in [0.717, 1.165) is 36.3 Å². The van der Waals surface area contributed by atoms with Crippen molar-refractivity contribution in [2.75, 3.05) is 30.1 Å². The normalized spacial score (nSPS) is 20.1. The van der Waals surface area contributed by atoms with Gasteiger partial charge in [0, 0.05) is 29.5 Å². The number of carbonyl (C=O) groups excluding carboxylic acids is 1. The maximum absolute atomic E-state index is 13.8. The van der Waals surface area contributed by atoms with Crippen LogP contribution in [0.2, 0.25) is 0 Å². The average Bonchev–Trinajstić information content (AvgIpc) is 2.92. The van der Waals surface area contributed by atoms with Crippen LogP contribution in [0.15, 0.2) is 46.2 Å². The molecule has 0 aliphatic carbocycles. The zero-order chi connectivity index (χ0) is 27.4. The monoisotopic (exact) mass is 553 g/mol. The molecule has 0 radical (unpaired) electrons. The van der Waals surface area contributed by atoms with Gasteiger partial charge in [0.25, 0.3) is 0 Å². The van der Waals surface area contributed by atoms with Crippen molar-refractivity contribution < 1.29 is 27.8 Å². The van der Waals surface area contributed by atoms with Crippen LogP contribution in [0, 0.1) is 11.2 Å². The van der Waals surface area contributed by atoms with Crippen molar-refractivity contribution in [1.29, 1.82) is 0 Å². The first kappa shape index (κ1) is 29.6. The van der Waals surface area contributed by atoms with Crippen molar-refractivity contribution in [2.24, 2.45) is 5.41 Å². The fourth-order valence-electron chi connectivity index (χ4n) is 4.70. The van der Waals surface area contributed by atoms with Gasteiger partial charge in [-0.15, -0.1) is 11.8 Å². The van der Waals surface area contributed by atoms with Gasteiger partial charge in [-0.3, -0.25) is 9.11 Å². The second-order valence-electron chi connectivity index (χ2n) is 10.7. The van der Waals surface area contributed by atoms with Gasteiger partial charge in [-0.25, -0.2) is 9.18 Å². The Balaban J connectivity index is 2.12. The number of unbranched alkanes of at least 4 members (excludes halogenated alkanes) is 1. The Bertz CT molecular complexity index is 1090. The van der Waals surface area contributed by atoms with Crippen molar-refractivity contribution in [3.8, 4) is 5.75 Å². The number of rotatable bonds is 9. The average molecular weight is 554 g/mol. The lowest BCUT2D eigenvalue weighted by atomic mass is 9.81. The molecule has 6 nitrogen and oxygen atoms in total. The van der Waals surface area contributed by atoms with E-state index in [1.165, 1.54) is 23.9 Å². The largest absolute Gasteiger partial charge is 0.481 e. The summed E-state index contributed by atoms with van der Waals surface area (Å²) >= 11 is 1.44. The molecule has 206 valence electrons. The molecule has 0 spiro atoms. The summed E-state index contributed by atoms with van der Waals surface area (Å²) in [5, 5.41) is 0. The Morgan fingerprint density at radius 2 is 1.86 bits per heavy atom. The van der Waals surface area contributed by atoms with E-state index in [-0.39, 0.29) is 23.6 Å². The van der Waals surface area contributed by atoms with Gasteiger partial charge in [0.2, 0.25) is 0 Å². The molecule has 2 aromatic carbocycles. The lowest BCUT2D eigenvalue weighted by Crippen LogP contribution is -2.37. The van der Waals surface area contributed by atoms with Crippen molar-refractivity contribution in [3.05, 3.63) is 42.2 Å². The van der Waals surface area contributed by atoms with Crippen LogP contribution in [0.4, 0.5) is 15.8 Å². The van der Waals surface area contributed by atoms with E-state index in [1.807, 2.05) is 12.3 Å². The third-order valence-corrected chi connectivity index (χ3v) is 9.41. The number of esters is 1. The summed E-state index contributed by atoms with van der Waals surface area (Å²) in [4.78, 5) is 15.5. The standard InChI is InChI=1S/C28H40FNO5S2/c1-7-9-14-28(8-2)18-30(21-12-10-20(29)11-13-21)22-15-24(36-6)23(16-25(22)37(32,33)19-28)34-17-26(31)35-27(3,4)5/h10-13,15-16,32-33H,7-9,14,17-19H2,1-6H3. The Morgan fingerprint density at radius 3 is 2.43 bits per heavy atom. The molecule has 1 heterocycles. The summed E-state index contributed by atoms with van der Waals surface area (Å²) in [7, 11) is -3.21. The smallest absolute Gasteiger partial charge is 0.344 e. The van der Waals surface area contributed by atoms with Gasteiger partial charge < -0.3 is 14.4 Å². The quantitative estimate of drug-likeness (QED) is 0.240. The SMILES string of the molecule is CCCCC1(CC)CN(c2ccc(F)cc2)c2cc(SC)c(OCC(=O)OC(C)(C)C)cc2S(O)(O)C1. The second-order valence-corrected chi connectivity index (χ2v) is 13.6. The van der Waals surface area contributed by atoms with E-state index in [1.54, 1.807) is 39.0 Å². The summed E-state index contributed by atoms with van der Waals surface area (Å²) in [6.45, 7) is 9.87. The Hall–Kier alpha value is -1.94. The molecule has 9 heteroatoms. The number of ether oxygens (including phenoxy) is 2. The van der Waals surface area contributed by atoms with Crippen molar-refractivity contribution in [1.82, 2.24) is 0 Å². The number of thioether (sulfide) groups is 1. The van der Waals surface area contributed by atoms with Gasteiger partial charge in [-0.2, -0.15) is 10.6 Å². The minimum atomic E-state index is -3.21. The molecule has 0 bridgehead atoms. The molecule has 37 heavy (non-hydrogen) atoms. The molecule has 0 aromatic heterocycles. The Labute approximate surface area is 226 Å². The third-order valence-electron chi connectivity index (χ3n) is 6.60. The van der Waals surface area contributed by atoms with Crippen LogP contribution in [0.3, 0.4) is 0 Å². The molecule has 2 aromatic rings. The molecular weight excluding hydrogens is 513 g/mol. The molecule has 3 rings (SSSR count). The maximum atomic E-state index is 13.8. The van der Waals surface area contributed by atoms with E-state index in [0.29, 0.717) is 22.9 Å². The van der Waals surface area contributed by atoms with E-state index in [2.05, 4.69) is 18.7 Å². The summed E-state index contributed by atoms with van der Waals surface area (Å²) in [6.07, 6.45) is 5.49. The highest BCUT2D eigenvalue weighted by molar-refractivity contribution is 8.24. The van der Waals surface area contributed by atoms with Crippen LogP contribution in [-0.4, -0.2) is 45.8 Å². The lowest BCUT2D eigenvalue weighted by molar-refractivity contribution is -0.157. The molecule has 1 unspecified atom stereocenters. The number of carbonyl (C=O) groups is 1. The summed E-state index contributed by atoms with van der Waals surface area (Å²) < 4.78 is 48.2. The van der Waals surface area contributed by atoms with Gasteiger partial charge in [0.05, 0.1) is 15.5 Å². The van der Waals surface area contributed by atoms with Crippen LogP contribution >= 0.6 is 22.4 Å². The summed E-state index contributed by atoms with van der Waals surface area (Å²) in [6, 6.07) is 9.83. The molecule has 0 saturated heterocycles. The van der Waals surface area contributed by atoms with Crippen molar-refractivity contribution in [3.63, 3.8) is 0 Å². The van der Waals surface area contributed by atoms with Gasteiger partial charge in [-0.05, 0) is 70.2 Å². The first-order valence-corrected chi connectivity index (χ1v) is 15.6. The molecule has 0 fully saturated rings. The van der Waals surface area contributed by atoms with Crippen LogP contribution < -0.4 is 9.64 Å². The minimum absolute atomic E-state index is 0.227. The summed E-state index contributed by atoms with van der Waals surface area (Å²) in [5.74, 6) is -0.204. The van der Waals surface area contributed by atoms with E-state index in [4.69, 9.17) is 9.47 Å². The maximum Gasteiger partial charge on any atom is 0.344 e. The van der Waals surface area contributed by atoms with E-state index >= 15 is 0 Å². The lowest BCUT2D eigenvalue weighted by Gasteiger charge is -2.41. The number of fused-ring (bicyclic) bond motifs is 1. The molecule has 1 aliphatic heterocycles. The number of anilines is 2. The zero-order valence-electron chi connectivity index (χ0n) is 22.7. The molecule has 1 aliphatic rings. The van der Waals surface area contributed by atoms with Crippen molar-refractivity contribution >= 4 is 39.7 Å². The van der Waals surface area contributed by atoms with E-state index < -0.39 is 22.2 Å². The number of hydrogen-bond acceptors (Lipinski definition) is 7. The molecule has 2 N–H and O–H groups in total. The first-order chi connectivity index (χ1) is 17.3. The van der Waals surface area contributed by atoms with Gasteiger partial charge >= 0.3 is 5.97 Å². The number of hydrogen-bond donors (Lipinski definition) is 2. The number of halogens is 1. The van der Waals surface area contributed by atoms with Crippen molar-refractivity contribution in [2.45, 2.75) is 75.7 Å². The molecule has 1 atom stereocenters. The highest BCUT2D eigenvalue weighted by Crippen LogP contribution is 2.62. The van der Waals surface area contributed by atoms with Gasteiger partial charge in [0.15, 0.2) is 6.61 Å². The predicted octanol–water partition coefficient (Wildman–Crippen LogP) is 8.12. The minimum Gasteiger partial charge on any atom is -0.481 e. The Kier molecular flexibility index (Phi) is 9.48. The molecule has 0 saturated carbocycles. The highest BCUT2D eigenvalue weighted by Gasteiger charge is 2.42. The van der Waals surface area contributed by atoms with Crippen LogP contribution in [0.1, 0.15) is 60.3 Å². The highest BCUT2D eigenvalue weighted by atomic mass is 32.3. The fourth-order valence-corrected chi connectivity index (χ4v) is 7.50. The molecule has 0 amide bonds.